The van der Waals surface area contributed by atoms with Gasteiger partial charge < -0.3 is 10.6 Å². The maximum Gasteiger partial charge on any atom is 0.101 e. The van der Waals surface area contributed by atoms with E-state index < -0.39 is 0 Å². The monoisotopic (exact) mass is 343 g/mol. The molecule has 2 rings (SSSR count). The minimum absolute atomic E-state index is 0.00278. The van der Waals surface area contributed by atoms with Gasteiger partial charge in [0.05, 0.1) is 17.3 Å². The van der Waals surface area contributed by atoms with Crippen LogP contribution in [0.3, 0.4) is 0 Å². The molecule has 0 spiro atoms. The molecule has 108 valence electrons. The second-order valence-corrected chi connectivity index (χ2v) is 6.01. The van der Waals surface area contributed by atoms with Gasteiger partial charge in [-0.2, -0.15) is 5.26 Å². The van der Waals surface area contributed by atoms with E-state index in [1.165, 1.54) is 0 Å². The molecule has 4 heteroatoms. The minimum Gasteiger partial charge on any atom is -0.365 e. The molecule has 0 aliphatic rings. The molecule has 0 aromatic heterocycles. The van der Waals surface area contributed by atoms with Crippen molar-refractivity contribution in [3.8, 4) is 6.07 Å². The molecule has 0 bridgehead atoms. The van der Waals surface area contributed by atoms with Crippen molar-refractivity contribution in [2.24, 2.45) is 5.73 Å². The summed E-state index contributed by atoms with van der Waals surface area (Å²) in [5.74, 6) is 0. The van der Waals surface area contributed by atoms with E-state index in [9.17, 15) is 5.26 Å². The summed E-state index contributed by atoms with van der Waals surface area (Å²) in [7, 11) is 1.98. The highest BCUT2D eigenvalue weighted by molar-refractivity contribution is 9.10. The predicted octanol–water partition coefficient (Wildman–Crippen LogP) is 3.85. The van der Waals surface area contributed by atoms with Crippen molar-refractivity contribution in [3.63, 3.8) is 0 Å². The molecule has 0 aliphatic heterocycles. The van der Waals surface area contributed by atoms with Gasteiger partial charge in [-0.3, -0.25) is 0 Å². The third kappa shape index (κ3) is 3.44. The SMILES string of the molecule is CC(N)C(c1cccc(Br)c1)N(C)c1ccccc1C#N. The summed E-state index contributed by atoms with van der Waals surface area (Å²) in [6.45, 7) is 1.98. The third-order valence-corrected chi connectivity index (χ3v) is 4.00. The van der Waals surface area contributed by atoms with Crippen molar-refractivity contribution in [2.45, 2.75) is 19.0 Å². The van der Waals surface area contributed by atoms with Crippen molar-refractivity contribution < 1.29 is 0 Å². The number of hydrogen-bond donors (Lipinski definition) is 1. The Labute approximate surface area is 134 Å². The van der Waals surface area contributed by atoms with Gasteiger partial charge in [-0.1, -0.05) is 40.2 Å². The van der Waals surface area contributed by atoms with E-state index >= 15 is 0 Å². The van der Waals surface area contributed by atoms with Crippen molar-refractivity contribution in [1.29, 1.82) is 5.26 Å². The highest BCUT2D eigenvalue weighted by Crippen LogP contribution is 2.31. The Kier molecular flexibility index (Phi) is 5.00. The Balaban J connectivity index is 2.46. The molecule has 0 saturated carbocycles. The molecule has 21 heavy (non-hydrogen) atoms. The molecule has 0 fully saturated rings. The molecule has 2 aromatic carbocycles. The number of nitriles is 1. The van der Waals surface area contributed by atoms with E-state index in [1.54, 1.807) is 0 Å². The first-order valence-corrected chi connectivity index (χ1v) is 7.57. The number of hydrogen-bond acceptors (Lipinski definition) is 3. The summed E-state index contributed by atoms with van der Waals surface area (Å²) in [6, 6.07) is 17.9. The van der Waals surface area contributed by atoms with Crippen LogP contribution in [0.5, 0.6) is 0 Å². The first-order valence-electron chi connectivity index (χ1n) is 6.77. The van der Waals surface area contributed by atoms with Crippen LogP contribution in [0.2, 0.25) is 0 Å². The van der Waals surface area contributed by atoms with Gasteiger partial charge in [0.15, 0.2) is 0 Å². The zero-order valence-electron chi connectivity index (χ0n) is 12.1. The number of nitrogens with zero attached hydrogens (tertiary/aromatic N) is 2. The van der Waals surface area contributed by atoms with Crippen molar-refractivity contribution in [2.75, 3.05) is 11.9 Å². The van der Waals surface area contributed by atoms with Gasteiger partial charge in [0.1, 0.15) is 6.07 Å². The summed E-state index contributed by atoms with van der Waals surface area (Å²) in [4.78, 5) is 2.07. The van der Waals surface area contributed by atoms with Gasteiger partial charge >= 0.3 is 0 Å². The lowest BCUT2D eigenvalue weighted by Gasteiger charge is -2.34. The second-order valence-electron chi connectivity index (χ2n) is 5.10. The Hall–Kier alpha value is -1.83. The van der Waals surface area contributed by atoms with Gasteiger partial charge in [0, 0.05) is 17.6 Å². The van der Waals surface area contributed by atoms with Crippen molar-refractivity contribution >= 4 is 21.6 Å². The summed E-state index contributed by atoms with van der Waals surface area (Å²) in [5, 5.41) is 9.29. The lowest BCUT2D eigenvalue weighted by Crippen LogP contribution is -2.37. The molecule has 2 aromatic rings. The number of halogens is 1. The summed E-state index contributed by atoms with van der Waals surface area (Å²) in [6.07, 6.45) is 0. The first-order chi connectivity index (χ1) is 10.0. The van der Waals surface area contributed by atoms with Crippen LogP contribution >= 0.6 is 15.9 Å². The van der Waals surface area contributed by atoms with Crippen LogP contribution in [0.15, 0.2) is 53.0 Å². The molecule has 2 unspecified atom stereocenters. The van der Waals surface area contributed by atoms with E-state index in [0.717, 1.165) is 15.7 Å². The van der Waals surface area contributed by atoms with Crippen LogP contribution in [0.1, 0.15) is 24.1 Å². The molecule has 0 radical (unpaired) electrons. The Morgan fingerprint density at radius 2 is 1.90 bits per heavy atom. The number of likely N-dealkylation sites (N-methyl/N-ethyl adjacent to an activating group) is 1. The lowest BCUT2D eigenvalue weighted by molar-refractivity contribution is 0.558. The van der Waals surface area contributed by atoms with E-state index in [-0.39, 0.29) is 12.1 Å². The molecule has 0 heterocycles. The van der Waals surface area contributed by atoms with E-state index in [2.05, 4.69) is 39.0 Å². The predicted molar refractivity (Wildman–Crippen MR) is 90.1 cm³/mol. The Morgan fingerprint density at radius 1 is 1.19 bits per heavy atom. The number of benzene rings is 2. The van der Waals surface area contributed by atoms with Gasteiger partial charge in [-0.15, -0.1) is 0 Å². The van der Waals surface area contributed by atoms with Crippen LogP contribution in [0.25, 0.3) is 0 Å². The summed E-state index contributed by atoms with van der Waals surface area (Å²) < 4.78 is 1.02. The maximum absolute atomic E-state index is 9.29. The average molecular weight is 344 g/mol. The normalized spacial score (nSPS) is 13.3. The van der Waals surface area contributed by atoms with Gasteiger partial charge in [0.25, 0.3) is 0 Å². The summed E-state index contributed by atoms with van der Waals surface area (Å²) in [5.41, 5.74) is 8.87. The molecular weight excluding hydrogens is 326 g/mol. The third-order valence-electron chi connectivity index (χ3n) is 3.51. The van der Waals surface area contributed by atoms with Crippen molar-refractivity contribution in [3.05, 3.63) is 64.1 Å². The van der Waals surface area contributed by atoms with Gasteiger partial charge in [-0.05, 0) is 36.8 Å². The van der Waals surface area contributed by atoms with Crippen LogP contribution < -0.4 is 10.6 Å². The van der Waals surface area contributed by atoms with E-state index in [4.69, 9.17) is 5.73 Å². The lowest BCUT2D eigenvalue weighted by atomic mass is 9.98. The average Bonchev–Trinajstić information content (AvgIpc) is 2.47. The highest BCUT2D eigenvalue weighted by atomic mass is 79.9. The highest BCUT2D eigenvalue weighted by Gasteiger charge is 2.23. The Bertz CT molecular complexity index is 661. The zero-order chi connectivity index (χ0) is 15.4. The standard InChI is InChI=1S/C17H18BrN3/c1-12(20)17(13-7-5-8-15(18)10-13)21(2)16-9-4-3-6-14(16)11-19/h3-10,12,17H,20H2,1-2H3. The molecule has 3 nitrogen and oxygen atoms in total. The minimum atomic E-state index is -0.0731. The second kappa shape index (κ2) is 6.75. The number of anilines is 1. The largest absolute Gasteiger partial charge is 0.365 e. The number of para-hydroxylation sites is 1. The maximum atomic E-state index is 9.29. The van der Waals surface area contributed by atoms with E-state index in [0.29, 0.717) is 5.56 Å². The smallest absolute Gasteiger partial charge is 0.101 e. The van der Waals surface area contributed by atoms with Gasteiger partial charge in [-0.25, -0.2) is 0 Å². The number of nitrogens with two attached hydrogens (primary N) is 1. The van der Waals surface area contributed by atoms with Crippen LogP contribution in [-0.2, 0) is 0 Å². The fourth-order valence-corrected chi connectivity index (χ4v) is 3.01. The molecule has 2 atom stereocenters. The van der Waals surface area contributed by atoms with Crippen LogP contribution in [0, 0.1) is 11.3 Å². The quantitative estimate of drug-likeness (QED) is 0.917. The molecule has 0 amide bonds. The van der Waals surface area contributed by atoms with Crippen LogP contribution in [0.4, 0.5) is 5.69 Å². The zero-order valence-corrected chi connectivity index (χ0v) is 13.7. The molecule has 0 saturated heterocycles. The molecule has 2 N–H and O–H groups in total. The number of rotatable bonds is 4. The topological polar surface area (TPSA) is 53.0 Å². The first kappa shape index (κ1) is 15.6. The van der Waals surface area contributed by atoms with Gasteiger partial charge in [0.2, 0.25) is 0 Å². The van der Waals surface area contributed by atoms with E-state index in [1.807, 2.05) is 50.4 Å². The Morgan fingerprint density at radius 3 is 2.52 bits per heavy atom. The van der Waals surface area contributed by atoms with Crippen molar-refractivity contribution in [1.82, 2.24) is 0 Å². The van der Waals surface area contributed by atoms with Crippen LogP contribution in [-0.4, -0.2) is 13.1 Å². The molecular formula is C17H18BrN3. The molecule has 0 aliphatic carbocycles. The summed E-state index contributed by atoms with van der Waals surface area (Å²) >= 11 is 3.50. The fraction of sp³-hybridized carbons (Fsp3) is 0.235. The fourth-order valence-electron chi connectivity index (χ4n) is 2.60.